The average molecular weight is 1270 g/mol. The SMILES string of the molecule is COc1ccc(CN2Cc3c(c(O[Si](C(C)C)(C(C)C)C(C)C)c4ncc(Cc5ccc(F)cc5)cc4c3N(S(C)(=O)=O)S(C)(=O)=O)C2=O)c(OC)c1.CS(=O)(=O)N(c1c2c(c(O)c3ncc(Cc4ccc(F)cc4)cc13)C(=O)NC2)S(C)(=O)=O. The third-order valence-electron chi connectivity index (χ3n) is 15.0. The van der Waals surface area contributed by atoms with E-state index in [1.165, 1.54) is 55.6 Å². The lowest BCUT2D eigenvalue weighted by molar-refractivity contribution is 0.0763. The van der Waals surface area contributed by atoms with Crippen molar-refractivity contribution < 1.29 is 71.0 Å². The highest BCUT2D eigenvalue weighted by Gasteiger charge is 2.50. The maximum atomic E-state index is 14.8. The van der Waals surface area contributed by atoms with Gasteiger partial charge < -0.3 is 29.2 Å². The van der Waals surface area contributed by atoms with Crippen LogP contribution in [0, 0.1) is 11.6 Å². The molecule has 2 N–H and O–H groups in total. The number of halogens is 2. The highest BCUT2D eigenvalue weighted by Crippen LogP contribution is 2.51. The van der Waals surface area contributed by atoms with Crippen LogP contribution in [-0.2, 0) is 72.6 Å². The second-order valence-corrected chi connectivity index (χ2v) is 35.2. The molecular formula is C58H66F2N6O14S4Si. The largest absolute Gasteiger partial charge is 0.541 e. The van der Waals surface area contributed by atoms with E-state index in [2.05, 4.69) is 51.8 Å². The molecular weight excluding hydrogens is 1200 g/mol. The molecule has 27 heteroatoms. The third kappa shape index (κ3) is 12.6. The van der Waals surface area contributed by atoms with E-state index in [1.54, 1.807) is 54.7 Å². The molecule has 0 spiro atoms. The number of carbonyl (C=O) groups is 2. The van der Waals surface area contributed by atoms with Gasteiger partial charge in [-0.05, 0) is 100 Å². The number of methoxy groups -OCH3 is 2. The monoisotopic (exact) mass is 1260 g/mol. The number of nitrogens with one attached hydrogen (secondary N) is 1. The van der Waals surface area contributed by atoms with Crippen molar-refractivity contribution >= 4 is 93.4 Å². The number of benzene rings is 5. The Morgan fingerprint density at radius 1 is 0.624 bits per heavy atom. The fourth-order valence-corrected chi connectivity index (χ4v) is 23.0. The molecule has 9 rings (SSSR count). The Morgan fingerprint density at radius 3 is 1.53 bits per heavy atom. The van der Waals surface area contributed by atoms with Gasteiger partial charge in [0.2, 0.25) is 40.1 Å². The van der Waals surface area contributed by atoms with Gasteiger partial charge in [0.1, 0.15) is 39.9 Å². The molecule has 4 heterocycles. The van der Waals surface area contributed by atoms with Crippen LogP contribution in [0.2, 0.25) is 16.6 Å². The minimum Gasteiger partial charge on any atom is -0.541 e. The number of phenolic OH excluding ortho intramolecular Hbond substituents is 1. The van der Waals surface area contributed by atoms with Crippen LogP contribution in [0.5, 0.6) is 23.0 Å². The Hall–Kier alpha value is -7.46. The number of pyridine rings is 2. The summed E-state index contributed by atoms with van der Waals surface area (Å²) in [5.74, 6) is -1.15. The first kappa shape index (κ1) is 63.6. The quantitative estimate of drug-likeness (QED) is 0.0715. The van der Waals surface area contributed by atoms with Gasteiger partial charge in [-0.15, -0.1) is 0 Å². The number of nitrogens with zero attached hydrogens (tertiary/aromatic N) is 5. The van der Waals surface area contributed by atoms with Crippen molar-refractivity contribution in [3.05, 3.63) is 153 Å². The van der Waals surface area contributed by atoms with Crippen LogP contribution >= 0.6 is 0 Å². The predicted octanol–water partition coefficient (Wildman–Crippen LogP) is 9.06. The standard InChI is InChI=1S/C38H48FN3O8S2Si.C20H18FN3O6S2/c1-23(2)53(24(3)4,25(5)6)50-37-34-32(22-41(38(34)43)21-28-13-16-30(48-7)19-33(28)49-8)36(42(51(9,44)45)52(10,46)47)31-18-27(20-40-35(31)37)17-26-11-14-29(39)15-12-26;1-31(27,28)24(32(2,29)30)18-14-8-12(7-11-3-5-13(21)6-4-11)9-22-17(14)19(25)16-15(18)10-23-20(16)26/h11-16,18-20,23-25H,17,21-22H2,1-10H3;3-6,8-9,25H,7,10H2,1-2H3,(H,23,26). The summed E-state index contributed by atoms with van der Waals surface area (Å²) in [5, 5.41) is 13.4. The second kappa shape index (κ2) is 23.8. The van der Waals surface area contributed by atoms with Crippen LogP contribution in [0.4, 0.5) is 20.2 Å². The van der Waals surface area contributed by atoms with Crippen molar-refractivity contribution in [3.8, 4) is 23.0 Å². The van der Waals surface area contributed by atoms with Crippen LogP contribution in [-0.4, -0.2) is 113 Å². The molecule has 2 aromatic heterocycles. The van der Waals surface area contributed by atoms with Crippen molar-refractivity contribution in [3.63, 3.8) is 0 Å². The first-order valence-electron chi connectivity index (χ1n) is 26.6. The minimum atomic E-state index is -4.49. The van der Waals surface area contributed by atoms with Crippen molar-refractivity contribution in [1.82, 2.24) is 20.2 Å². The van der Waals surface area contributed by atoms with Crippen LogP contribution in [0.3, 0.4) is 0 Å². The van der Waals surface area contributed by atoms with E-state index >= 15 is 0 Å². The fourth-order valence-electron chi connectivity index (χ4n) is 11.7. The van der Waals surface area contributed by atoms with Crippen LogP contribution in [0.15, 0.2) is 91.3 Å². The number of amides is 2. The highest BCUT2D eigenvalue weighted by molar-refractivity contribution is 8.10. The number of hydrogen-bond donors (Lipinski definition) is 2. The molecule has 0 bridgehead atoms. The minimum absolute atomic E-state index is 0.0385. The number of aromatic nitrogens is 2. The summed E-state index contributed by atoms with van der Waals surface area (Å²) in [6.07, 6.45) is 6.70. The smallest absolute Gasteiger partial charge is 0.258 e. The summed E-state index contributed by atoms with van der Waals surface area (Å²) in [5.41, 5.74) is 3.30. The third-order valence-corrected chi connectivity index (χ3v) is 27.4. The lowest BCUT2D eigenvalue weighted by atomic mass is 9.99. The van der Waals surface area contributed by atoms with Crippen LogP contribution in [0.1, 0.15) is 101 Å². The summed E-state index contributed by atoms with van der Waals surface area (Å²) < 4.78 is 150. The van der Waals surface area contributed by atoms with E-state index < -0.39 is 77.6 Å². The molecule has 0 saturated carbocycles. The first-order chi connectivity index (χ1) is 39.6. The van der Waals surface area contributed by atoms with Crippen molar-refractivity contribution in [1.29, 1.82) is 0 Å². The van der Waals surface area contributed by atoms with Crippen molar-refractivity contribution in [2.45, 2.75) is 90.6 Å². The number of phenols is 1. The molecule has 0 radical (unpaired) electrons. The average Bonchev–Trinajstić information content (AvgIpc) is 1.81. The number of anilines is 2. The van der Waals surface area contributed by atoms with Gasteiger partial charge in [-0.2, -0.15) is 7.42 Å². The summed E-state index contributed by atoms with van der Waals surface area (Å²) >= 11 is 0. The molecule has 5 aromatic carbocycles. The summed E-state index contributed by atoms with van der Waals surface area (Å²) in [6.45, 7) is 12.4. The molecule has 85 heavy (non-hydrogen) atoms. The number of hydrogen-bond acceptors (Lipinski definition) is 16. The molecule has 0 saturated heterocycles. The van der Waals surface area contributed by atoms with Crippen molar-refractivity contribution in [2.24, 2.45) is 0 Å². The normalized spacial score (nSPS) is 13.7. The summed E-state index contributed by atoms with van der Waals surface area (Å²) in [4.78, 5) is 37.7. The van der Waals surface area contributed by atoms with Crippen LogP contribution in [0.25, 0.3) is 21.8 Å². The number of carbonyl (C=O) groups excluding carboxylic acids is 2. The van der Waals surface area contributed by atoms with Gasteiger partial charge in [0.05, 0.1) is 61.7 Å². The molecule has 20 nitrogen and oxygen atoms in total. The number of sulfonamides is 4. The van der Waals surface area contributed by atoms with E-state index in [9.17, 15) is 57.1 Å². The zero-order valence-electron chi connectivity index (χ0n) is 48.8. The molecule has 2 amide bonds. The Labute approximate surface area is 495 Å². The van der Waals surface area contributed by atoms with E-state index in [-0.39, 0.29) is 108 Å². The molecule has 2 aliphatic rings. The zero-order chi connectivity index (χ0) is 62.6. The molecule has 454 valence electrons. The molecule has 7 aromatic rings. The lowest BCUT2D eigenvalue weighted by Gasteiger charge is -2.42. The molecule has 2 aliphatic heterocycles. The number of aromatic hydroxyl groups is 1. The van der Waals surface area contributed by atoms with Gasteiger partial charge >= 0.3 is 0 Å². The molecule has 0 aliphatic carbocycles. The Bertz CT molecular complexity index is 4200. The highest BCUT2D eigenvalue weighted by atomic mass is 32.3. The van der Waals surface area contributed by atoms with Gasteiger partial charge in [0, 0.05) is 65.6 Å². The summed E-state index contributed by atoms with van der Waals surface area (Å²) in [7, 11) is -17.4. The Morgan fingerprint density at radius 2 is 1.08 bits per heavy atom. The maximum absolute atomic E-state index is 14.8. The predicted molar refractivity (Wildman–Crippen MR) is 324 cm³/mol. The number of fused-ring (bicyclic) bond motifs is 4. The summed E-state index contributed by atoms with van der Waals surface area (Å²) in [6, 6.07) is 20.1. The van der Waals surface area contributed by atoms with E-state index in [1.807, 2.05) is 0 Å². The number of rotatable bonds is 19. The Balaban J connectivity index is 0.000000250. The topological polar surface area (TPSA) is 266 Å². The number of ether oxygens (including phenoxy) is 2. The van der Waals surface area contributed by atoms with Gasteiger partial charge in [0.25, 0.3) is 20.1 Å². The first-order valence-corrected chi connectivity index (χ1v) is 36.2. The maximum Gasteiger partial charge on any atom is 0.258 e. The van der Waals surface area contributed by atoms with Crippen molar-refractivity contribution in [2.75, 3.05) is 46.7 Å². The van der Waals surface area contributed by atoms with Gasteiger partial charge in [-0.1, -0.05) is 65.8 Å². The molecule has 0 fully saturated rings. The van der Waals surface area contributed by atoms with E-state index in [0.29, 0.717) is 38.3 Å². The van der Waals surface area contributed by atoms with Gasteiger partial charge in [0.15, 0.2) is 5.75 Å². The zero-order valence-corrected chi connectivity index (χ0v) is 53.1. The second-order valence-electron chi connectivity index (χ2n) is 22.1. The molecule has 0 unspecified atom stereocenters. The van der Waals surface area contributed by atoms with E-state index in [4.69, 9.17) is 18.9 Å². The van der Waals surface area contributed by atoms with Gasteiger partial charge in [-0.25, -0.2) is 42.5 Å². The lowest BCUT2D eigenvalue weighted by Crippen LogP contribution is -2.51. The fraction of sp³-hybridized carbons (Fsp3) is 0.345. The van der Waals surface area contributed by atoms with Crippen LogP contribution < -0.4 is 26.6 Å². The Kier molecular flexibility index (Phi) is 17.8. The van der Waals surface area contributed by atoms with E-state index in [0.717, 1.165) is 36.1 Å². The molecule has 0 atom stereocenters. The van der Waals surface area contributed by atoms with Gasteiger partial charge in [-0.3, -0.25) is 19.6 Å².